The second-order valence-corrected chi connectivity index (χ2v) is 8.41. The molecule has 0 atom stereocenters. The van der Waals surface area contributed by atoms with Crippen LogP contribution in [0.3, 0.4) is 0 Å². The third-order valence-electron chi connectivity index (χ3n) is 5.71. The Balaban J connectivity index is 1.52. The van der Waals surface area contributed by atoms with Crippen LogP contribution in [0, 0.1) is 0 Å². The van der Waals surface area contributed by atoms with Crippen LogP contribution in [0.1, 0.15) is 63.9 Å². The van der Waals surface area contributed by atoms with Crippen molar-refractivity contribution in [3.8, 4) is 28.5 Å². The fourth-order valence-corrected chi connectivity index (χ4v) is 3.74. The standard InChI is InChI=1S/C28H37N3O2/c1-3-4-5-6-8-11-23-12-14-24(15-13-23)26-17-16-25(22-30-26)28-29-19-18-27(31-28)33-21-10-7-9-20-32-2/h12-19,22H,3-11,20-21H2,1-2H3. The Hall–Kier alpha value is -2.79. The van der Waals surface area contributed by atoms with Crippen LogP contribution in [0.2, 0.25) is 0 Å². The molecule has 0 aliphatic heterocycles. The van der Waals surface area contributed by atoms with E-state index in [1.807, 2.05) is 18.3 Å². The summed E-state index contributed by atoms with van der Waals surface area (Å²) in [7, 11) is 1.73. The number of ether oxygens (including phenoxy) is 2. The van der Waals surface area contributed by atoms with Crippen molar-refractivity contribution in [3.63, 3.8) is 0 Å². The fraction of sp³-hybridized carbons (Fsp3) is 0.464. The number of nitrogens with zero attached hydrogens (tertiary/aromatic N) is 3. The predicted molar refractivity (Wildman–Crippen MR) is 134 cm³/mol. The molecule has 0 amide bonds. The topological polar surface area (TPSA) is 57.1 Å². The van der Waals surface area contributed by atoms with Crippen molar-refractivity contribution < 1.29 is 9.47 Å². The molecular formula is C28H37N3O2. The summed E-state index contributed by atoms with van der Waals surface area (Å²) in [6.45, 7) is 3.70. The van der Waals surface area contributed by atoms with Crippen LogP contribution in [0.15, 0.2) is 54.9 Å². The molecule has 2 aromatic heterocycles. The van der Waals surface area contributed by atoms with E-state index in [4.69, 9.17) is 9.47 Å². The summed E-state index contributed by atoms with van der Waals surface area (Å²) in [6.07, 6.45) is 14.4. The van der Waals surface area contributed by atoms with E-state index < -0.39 is 0 Å². The Morgan fingerprint density at radius 2 is 1.48 bits per heavy atom. The highest BCUT2D eigenvalue weighted by Crippen LogP contribution is 2.22. The van der Waals surface area contributed by atoms with Crippen molar-refractivity contribution in [2.45, 2.75) is 64.7 Å². The number of pyridine rings is 1. The SMILES string of the molecule is CCCCCCCc1ccc(-c2ccc(-c3nccc(OCCCCCOC)n3)cn2)cc1. The molecule has 176 valence electrons. The van der Waals surface area contributed by atoms with Crippen molar-refractivity contribution >= 4 is 0 Å². The van der Waals surface area contributed by atoms with Crippen LogP contribution in [0.4, 0.5) is 0 Å². The van der Waals surface area contributed by atoms with E-state index in [-0.39, 0.29) is 0 Å². The molecule has 1 aromatic carbocycles. The lowest BCUT2D eigenvalue weighted by Crippen LogP contribution is -2.01. The average Bonchev–Trinajstić information content (AvgIpc) is 2.87. The molecule has 0 saturated heterocycles. The number of unbranched alkanes of at least 4 members (excludes halogenated alkanes) is 6. The number of methoxy groups -OCH3 is 1. The van der Waals surface area contributed by atoms with E-state index in [0.717, 1.165) is 49.1 Å². The lowest BCUT2D eigenvalue weighted by molar-refractivity contribution is 0.189. The summed E-state index contributed by atoms with van der Waals surface area (Å²) < 4.78 is 10.9. The van der Waals surface area contributed by atoms with Crippen LogP contribution in [0.25, 0.3) is 22.6 Å². The van der Waals surface area contributed by atoms with Crippen LogP contribution in [0.5, 0.6) is 5.88 Å². The number of hydrogen-bond acceptors (Lipinski definition) is 5. The van der Waals surface area contributed by atoms with Gasteiger partial charge >= 0.3 is 0 Å². The molecular weight excluding hydrogens is 410 g/mol. The highest BCUT2D eigenvalue weighted by atomic mass is 16.5. The third kappa shape index (κ3) is 8.58. The Bertz CT molecular complexity index is 927. The van der Waals surface area contributed by atoms with Crippen LogP contribution in [-0.4, -0.2) is 35.3 Å². The fourth-order valence-electron chi connectivity index (χ4n) is 3.74. The summed E-state index contributed by atoms with van der Waals surface area (Å²) >= 11 is 0. The van der Waals surface area contributed by atoms with Gasteiger partial charge in [0.1, 0.15) is 0 Å². The quantitative estimate of drug-likeness (QED) is 0.237. The molecule has 5 heteroatoms. The molecule has 0 N–H and O–H groups in total. The van der Waals surface area contributed by atoms with E-state index in [9.17, 15) is 0 Å². The highest BCUT2D eigenvalue weighted by Gasteiger charge is 2.06. The monoisotopic (exact) mass is 447 g/mol. The molecule has 0 radical (unpaired) electrons. The first-order valence-corrected chi connectivity index (χ1v) is 12.3. The number of aryl methyl sites for hydroxylation is 1. The summed E-state index contributed by atoms with van der Waals surface area (Å²) in [4.78, 5) is 13.6. The van der Waals surface area contributed by atoms with Gasteiger partial charge in [0.05, 0.1) is 12.3 Å². The molecule has 0 fully saturated rings. The van der Waals surface area contributed by atoms with Gasteiger partial charge in [-0.2, -0.15) is 4.98 Å². The largest absolute Gasteiger partial charge is 0.478 e. The minimum atomic E-state index is 0.598. The first-order chi connectivity index (χ1) is 16.3. The Kier molecular flexibility index (Phi) is 10.8. The van der Waals surface area contributed by atoms with Gasteiger partial charge < -0.3 is 9.47 Å². The maximum Gasteiger partial charge on any atom is 0.216 e. The van der Waals surface area contributed by atoms with Crippen molar-refractivity contribution in [1.82, 2.24) is 15.0 Å². The summed E-state index contributed by atoms with van der Waals surface area (Å²) in [5.74, 6) is 1.23. The normalized spacial score (nSPS) is 11.0. The molecule has 5 nitrogen and oxygen atoms in total. The van der Waals surface area contributed by atoms with Crippen molar-refractivity contribution in [2.75, 3.05) is 20.3 Å². The second-order valence-electron chi connectivity index (χ2n) is 8.41. The van der Waals surface area contributed by atoms with Gasteiger partial charge in [-0.05, 0) is 49.8 Å². The maximum atomic E-state index is 5.79. The lowest BCUT2D eigenvalue weighted by atomic mass is 10.0. The zero-order valence-corrected chi connectivity index (χ0v) is 20.1. The van der Waals surface area contributed by atoms with Crippen molar-refractivity contribution in [3.05, 3.63) is 60.4 Å². The van der Waals surface area contributed by atoms with Gasteiger partial charge in [-0.15, -0.1) is 0 Å². The van der Waals surface area contributed by atoms with E-state index in [0.29, 0.717) is 18.3 Å². The zero-order valence-electron chi connectivity index (χ0n) is 20.1. The molecule has 3 aromatic rings. The predicted octanol–water partition coefficient (Wildman–Crippen LogP) is 6.91. The number of hydrogen-bond donors (Lipinski definition) is 0. The number of aromatic nitrogens is 3. The minimum Gasteiger partial charge on any atom is -0.478 e. The van der Waals surface area contributed by atoms with Gasteiger partial charge in [-0.3, -0.25) is 4.98 Å². The Morgan fingerprint density at radius 1 is 0.727 bits per heavy atom. The van der Waals surface area contributed by atoms with Crippen molar-refractivity contribution in [2.24, 2.45) is 0 Å². The van der Waals surface area contributed by atoms with E-state index in [1.165, 1.54) is 37.7 Å². The molecule has 0 aliphatic rings. The third-order valence-corrected chi connectivity index (χ3v) is 5.71. The zero-order chi connectivity index (χ0) is 23.1. The van der Waals surface area contributed by atoms with Crippen LogP contribution < -0.4 is 4.74 Å². The summed E-state index contributed by atoms with van der Waals surface area (Å²) in [5, 5.41) is 0. The van der Waals surface area contributed by atoms with Gasteiger partial charge in [0, 0.05) is 43.3 Å². The molecule has 0 aliphatic carbocycles. The first kappa shape index (κ1) is 24.8. The molecule has 0 unspecified atom stereocenters. The lowest BCUT2D eigenvalue weighted by Gasteiger charge is -2.07. The minimum absolute atomic E-state index is 0.598. The molecule has 0 spiro atoms. The highest BCUT2D eigenvalue weighted by molar-refractivity contribution is 5.63. The maximum absolute atomic E-state index is 5.79. The summed E-state index contributed by atoms with van der Waals surface area (Å²) in [6, 6.07) is 14.6. The van der Waals surface area contributed by atoms with Gasteiger partial charge in [0.25, 0.3) is 0 Å². The number of benzene rings is 1. The Labute approximate surface area is 198 Å². The van der Waals surface area contributed by atoms with E-state index in [2.05, 4.69) is 46.1 Å². The average molecular weight is 448 g/mol. The van der Waals surface area contributed by atoms with Gasteiger partial charge in [-0.25, -0.2) is 4.98 Å². The number of rotatable bonds is 15. The molecule has 0 bridgehead atoms. The van der Waals surface area contributed by atoms with Gasteiger partial charge in [0.2, 0.25) is 5.88 Å². The molecule has 33 heavy (non-hydrogen) atoms. The van der Waals surface area contributed by atoms with E-state index >= 15 is 0 Å². The van der Waals surface area contributed by atoms with Crippen LogP contribution in [-0.2, 0) is 11.2 Å². The van der Waals surface area contributed by atoms with Gasteiger partial charge in [0.15, 0.2) is 5.82 Å². The smallest absolute Gasteiger partial charge is 0.216 e. The molecule has 2 heterocycles. The first-order valence-electron chi connectivity index (χ1n) is 12.3. The van der Waals surface area contributed by atoms with E-state index in [1.54, 1.807) is 19.4 Å². The molecule has 3 rings (SSSR count). The summed E-state index contributed by atoms with van der Waals surface area (Å²) in [5.41, 5.74) is 4.36. The Morgan fingerprint density at radius 3 is 2.24 bits per heavy atom. The van der Waals surface area contributed by atoms with Crippen LogP contribution >= 0.6 is 0 Å². The van der Waals surface area contributed by atoms with Crippen molar-refractivity contribution in [1.29, 1.82) is 0 Å². The second kappa shape index (κ2) is 14.4. The van der Waals surface area contributed by atoms with Gasteiger partial charge in [-0.1, -0.05) is 56.9 Å². The molecule has 0 saturated carbocycles.